The summed E-state index contributed by atoms with van der Waals surface area (Å²) in [5.41, 5.74) is 1.07. The first-order chi connectivity index (χ1) is 10.0. The van der Waals surface area contributed by atoms with Crippen molar-refractivity contribution in [2.24, 2.45) is 13.0 Å². The monoisotopic (exact) mass is 293 g/mol. The fraction of sp³-hybridized carbons (Fsp3) is 0.667. The van der Waals surface area contributed by atoms with Crippen LogP contribution in [0.1, 0.15) is 37.7 Å². The van der Waals surface area contributed by atoms with E-state index in [0.29, 0.717) is 31.7 Å². The Bertz CT molecular complexity index is 498. The Morgan fingerprint density at radius 3 is 2.90 bits per heavy atom. The minimum atomic E-state index is -0.755. The Morgan fingerprint density at radius 2 is 2.24 bits per heavy atom. The molecule has 1 saturated heterocycles. The van der Waals surface area contributed by atoms with Gasteiger partial charge in [-0.25, -0.2) is 0 Å². The van der Waals surface area contributed by atoms with E-state index in [9.17, 15) is 9.59 Å². The van der Waals surface area contributed by atoms with E-state index in [-0.39, 0.29) is 12.3 Å². The van der Waals surface area contributed by atoms with Crippen LogP contribution in [0, 0.1) is 5.92 Å². The predicted octanol–water partition coefficient (Wildman–Crippen LogP) is 1.46. The highest BCUT2D eigenvalue weighted by atomic mass is 16.4. The van der Waals surface area contributed by atoms with E-state index in [2.05, 4.69) is 5.10 Å². The van der Waals surface area contributed by atoms with Crippen LogP contribution in [-0.2, 0) is 23.1 Å². The number of amides is 1. The van der Waals surface area contributed by atoms with Crippen molar-refractivity contribution in [1.82, 2.24) is 14.7 Å². The third-order valence-electron chi connectivity index (χ3n) is 4.02. The Morgan fingerprint density at radius 1 is 1.43 bits per heavy atom. The quantitative estimate of drug-likeness (QED) is 0.861. The van der Waals surface area contributed by atoms with E-state index in [4.69, 9.17) is 5.11 Å². The molecule has 1 N–H and O–H groups in total. The molecule has 1 fully saturated rings. The lowest BCUT2D eigenvalue weighted by molar-refractivity contribution is -0.137. The molecule has 1 aliphatic rings. The SMILES string of the molecule is Cn1cc(CCC(=O)N2CCC[C@H](CCC(=O)O)C2)cn1. The summed E-state index contributed by atoms with van der Waals surface area (Å²) in [6, 6.07) is 0. The number of rotatable bonds is 6. The lowest BCUT2D eigenvalue weighted by Gasteiger charge is -2.32. The number of carbonyl (C=O) groups excluding carboxylic acids is 1. The summed E-state index contributed by atoms with van der Waals surface area (Å²) in [6.07, 6.45) is 7.80. The van der Waals surface area contributed by atoms with E-state index < -0.39 is 5.97 Å². The van der Waals surface area contributed by atoms with Gasteiger partial charge in [-0.1, -0.05) is 0 Å². The first-order valence-electron chi connectivity index (χ1n) is 7.51. The van der Waals surface area contributed by atoms with Crippen LogP contribution in [0.4, 0.5) is 0 Å². The Balaban J connectivity index is 1.77. The van der Waals surface area contributed by atoms with Gasteiger partial charge in [0.2, 0.25) is 5.91 Å². The van der Waals surface area contributed by atoms with E-state index in [1.165, 1.54) is 0 Å². The van der Waals surface area contributed by atoms with Gasteiger partial charge in [0.15, 0.2) is 0 Å². The molecule has 0 radical (unpaired) electrons. The number of hydrogen-bond acceptors (Lipinski definition) is 3. The Hall–Kier alpha value is -1.85. The average molecular weight is 293 g/mol. The molecule has 0 unspecified atom stereocenters. The number of hydrogen-bond donors (Lipinski definition) is 1. The molecule has 21 heavy (non-hydrogen) atoms. The molecule has 116 valence electrons. The molecular weight excluding hydrogens is 270 g/mol. The lowest BCUT2D eigenvalue weighted by Crippen LogP contribution is -2.40. The highest BCUT2D eigenvalue weighted by Gasteiger charge is 2.23. The van der Waals surface area contributed by atoms with Crippen LogP contribution in [0.15, 0.2) is 12.4 Å². The standard InChI is InChI=1S/C15H23N3O3/c1-17-10-13(9-16-17)4-6-14(19)18-8-2-3-12(11-18)5-7-15(20)21/h9-10,12H,2-8,11H2,1H3,(H,20,21)/t12-/m1/s1. The third kappa shape index (κ3) is 4.88. The molecule has 2 heterocycles. The van der Waals surface area contributed by atoms with Crippen molar-refractivity contribution in [2.75, 3.05) is 13.1 Å². The minimum Gasteiger partial charge on any atom is -0.481 e. The van der Waals surface area contributed by atoms with Gasteiger partial charge in [-0.3, -0.25) is 14.3 Å². The minimum absolute atomic E-state index is 0.166. The van der Waals surface area contributed by atoms with Crippen molar-refractivity contribution < 1.29 is 14.7 Å². The highest BCUT2D eigenvalue weighted by molar-refractivity contribution is 5.76. The summed E-state index contributed by atoms with van der Waals surface area (Å²) in [5, 5.41) is 12.8. The average Bonchev–Trinajstić information content (AvgIpc) is 2.88. The topological polar surface area (TPSA) is 75.4 Å². The number of nitrogens with zero attached hydrogens (tertiary/aromatic N) is 3. The normalized spacial score (nSPS) is 18.7. The molecule has 0 aliphatic carbocycles. The van der Waals surface area contributed by atoms with Crippen LogP contribution in [0.5, 0.6) is 0 Å². The molecule has 0 aromatic carbocycles. The van der Waals surface area contributed by atoms with Gasteiger partial charge in [-0.2, -0.15) is 5.10 Å². The van der Waals surface area contributed by atoms with E-state index in [1.807, 2.05) is 18.1 Å². The first kappa shape index (κ1) is 15.5. The smallest absolute Gasteiger partial charge is 0.303 e. The third-order valence-corrected chi connectivity index (χ3v) is 4.02. The van der Waals surface area contributed by atoms with Gasteiger partial charge in [0.25, 0.3) is 0 Å². The van der Waals surface area contributed by atoms with Crippen molar-refractivity contribution in [3.8, 4) is 0 Å². The number of carbonyl (C=O) groups is 2. The van der Waals surface area contributed by atoms with E-state index >= 15 is 0 Å². The predicted molar refractivity (Wildman–Crippen MR) is 77.7 cm³/mol. The zero-order valence-electron chi connectivity index (χ0n) is 12.5. The van der Waals surface area contributed by atoms with Gasteiger partial charge < -0.3 is 10.0 Å². The number of likely N-dealkylation sites (tertiary alicyclic amines) is 1. The van der Waals surface area contributed by atoms with Gasteiger partial charge in [0.1, 0.15) is 0 Å². The van der Waals surface area contributed by atoms with Gasteiger partial charge in [-0.15, -0.1) is 0 Å². The molecule has 1 aliphatic heterocycles. The zero-order chi connectivity index (χ0) is 15.2. The molecule has 0 spiro atoms. The largest absolute Gasteiger partial charge is 0.481 e. The molecular formula is C15H23N3O3. The molecule has 1 aromatic heterocycles. The number of aryl methyl sites for hydroxylation is 2. The van der Waals surface area contributed by atoms with Crippen LogP contribution >= 0.6 is 0 Å². The van der Waals surface area contributed by atoms with Crippen LogP contribution in [0.25, 0.3) is 0 Å². The van der Waals surface area contributed by atoms with Gasteiger partial charge in [0, 0.05) is 39.2 Å². The summed E-state index contributed by atoms with van der Waals surface area (Å²) in [7, 11) is 1.86. The Kier molecular flexibility index (Phi) is 5.36. The number of carboxylic acid groups (broad SMARTS) is 1. The second-order valence-electron chi connectivity index (χ2n) is 5.80. The lowest BCUT2D eigenvalue weighted by atomic mass is 9.93. The zero-order valence-corrected chi connectivity index (χ0v) is 12.5. The van der Waals surface area contributed by atoms with Gasteiger partial charge in [-0.05, 0) is 37.2 Å². The summed E-state index contributed by atoms with van der Waals surface area (Å²) in [4.78, 5) is 24.8. The fourth-order valence-corrected chi connectivity index (χ4v) is 2.87. The van der Waals surface area contributed by atoms with E-state index in [1.54, 1.807) is 10.9 Å². The number of piperidine rings is 1. The molecule has 1 amide bonds. The van der Waals surface area contributed by atoms with Crippen molar-refractivity contribution in [3.05, 3.63) is 18.0 Å². The van der Waals surface area contributed by atoms with Crippen molar-refractivity contribution >= 4 is 11.9 Å². The van der Waals surface area contributed by atoms with Crippen molar-refractivity contribution in [1.29, 1.82) is 0 Å². The van der Waals surface area contributed by atoms with E-state index in [0.717, 1.165) is 24.9 Å². The summed E-state index contributed by atoms with van der Waals surface area (Å²) in [5.74, 6) is -0.258. The highest BCUT2D eigenvalue weighted by Crippen LogP contribution is 2.21. The second-order valence-corrected chi connectivity index (χ2v) is 5.80. The maximum Gasteiger partial charge on any atom is 0.303 e. The molecule has 0 bridgehead atoms. The van der Waals surface area contributed by atoms with Crippen molar-refractivity contribution in [2.45, 2.75) is 38.5 Å². The number of aliphatic carboxylic acids is 1. The van der Waals surface area contributed by atoms with Crippen molar-refractivity contribution in [3.63, 3.8) is 0 Å². The Labute approximate surface area is 124 Å². The summed E-state index contributed by atoms with van der Waals surface area (Å²) < 4.78 is 1.74. The summed E-state index contributed by atoms with van der Waals surface area (Å²) in [6.45, 7) is 1.51. The van der Waals surface area contributed by atoms with Crippen LogP contribution in [-0.4, -0.2) is 44.8 Å². The molecule has 6 nitrogen and oxygen atoms in total. The van der Waals surface area contributed by atoms with Crippen LogP contribution < -0.4 is 0 Å². The number of aromatic nitrogens is 2. The fourth-order valence-electron chi connectivity index (χ4n) is 2.87. The molecule has 2 rings (SSSR count). The summed E-state index contributed by atoms with van der Waals surface area (Å²) >= 11 is 0. The first-order valence-corrected chi connectivity index (χ1v) is 7.51. The van der Waals surface area contributed by atoms with Gasteiger partial charge >= 0.3 is 5.97 Å². The molecule has 1 atom stereocenters. The van der Waals surface area contributed by atoms with Crippen LogP contribution in [0.3, 0.4) is 0 Å². The molecule has 0 saturated carbocycles. The van der Waals surface area contributed by atoms with Crippen LogP contribution in [0.2, 0.25) is 0 Å². The maximum absolute atomic E-state index is 12.2. The van der Waals surface area contributed by atoms with Gasteiger partial charge in [0.05, 0.1) is 6.20 Å². The maximum atomic E-state index is 12.2. The molecule has 6 heteroatoms. The second kappa shape index (κ2) is 7.24. The number of carboxylic acids is 1. The molecule has 1 aromatic rings.